The van der Waals surface area contributed by atoms with E-state index in [1.165, 1.54) is 0 Å². The van der Waals surface area contributed by atoms with Crippen LogP contribution in [-0.4, -0.2) is 42.3 Å². The SMILES string of the molecule is CC(C)Nc1cnc(N2CCOCC2)cn1. The lowest BCUT2D eigenvalue weighted by Gasteiger charge is -2.27. The lowest BCUT2D eigenvalue weighted by Crippen LogP contribution is -2.36. The zero-order valence-electron chi connectivity index (χ0n) is 9.81. The van der Waals surface area contributed by atoms with Gasteiger partial charge in [0.25, 0.3) is 0 Å². The number of anilines is 2. The van der Waals surface area contributed by atoms with Crippen LogP contribution in [0.3, 0.4) is 0 Å². The number of hydrogen-bond donors (Lipinski definition) is 1. The van der Waals surface area contributed by atoms with Crippen LogP contribution in [0.2, 0.25) is 0 Å². The molecule has 5 heteroatoms. The fraction of sp³-hybridized carbons (Fsp3) is 0.636. The van der Waals surface area contributed by atoms with Gasteiger partial charge in [-0.3, -0.25) is 0 Å². The summed E-state index contributed by atoms with van der Waals surface area (Å²) in [7, 11) is 0. The summed E-state index contributed by atoms with van der Waals surface area (Å²) >= 11 is 0. The molecule has 0 unspecified atom stereocenters. The topological polar surface area (TPSA) is 50.3 Å². The second kappa shape index (κ2) is 5.12. The van der Waals surface area contributed by atoms with Gasteiger partial charge >= 0.3 is 0 Å². The Bertz CT molecular complexity index is 319. The Labute approximate surface area is 95.8 Å². The van der Waals surface area contributed by atoms with Gasteiger partial charge in [-0.1, -0.05) is 0 Å². The fourth-order valence-electron chi connectivity index (χ4n) is 1.65. The zero-order valence-corrected chi connectivity index (χ0v) is 9.81. The van der Waals surface area contributed by atoms with Gasteiger partial charge in [0.2, 0.25) is 0 Å². The van der Waals surface area contributed by atoms with Gasteiger partial charge in [-0.15, -0.1) is 0 Å². The Kier molecular flexibility index (Phi) is 3.56. The lowest BCUT2D eigenvalue weighted by molar-refractivity contribution is 0.122. The molecule has 0 aliphatic carbocycles. The maximum absolute atomic E-state index is 5.30. The van der Waals surface area contributed by atoms with Gasteiger partial charge in [-0.05, 0) is 13.8 Å². The molecule has 2 heterocycles. The average molecular weight is 222 g/mol. The van der Waals surface area contributed by atoms with E-state index in [0.29, 0.717) is 6.04 Å². The van der Waals surface area contributed by atoms with Crippen molar-refractivity contribution < 1.29 is 4.74 Å². The summed E-state index contributed by atoms with van der Waals surface area (Å²) in [6, 6.07) is 0.378. The third kappa shape index (κ3) is 2.82. The van der Waals surface area contributed by atoms with Gasteiger partial charge in [-0.25, -0.2) is 9.97 Å². The van der Waals surface area contributed by atoms with Crippen molar-refractivity contribution in [1.82, 2.24) is 9.97 Å². The van der Waals surface area contributed by atoms with Gasteiger partial charge in [-0.2, -0.15) is 0 Å². The van der Waals surface area contributed by atoms with Crippen molar-refractivity contribution in [3.63, 3.8) is 0 Å². The van der Waals surface area contributed by atoms with Crippen LogP contribution >= 0.6 is 0 Å². The van der Waals surface area contributed by atoms with Gasteiger partial charge < -0.3 is 15.0 Å². The molecule has 2 rings (SSSR count). The maximum Gasteiger partial charge on any atom is 0.147 e. The van der Waals surface area contributed by atoms with Crippen LogP contribution in [0.25, 0.3) is 0 Å². The molecule has 0 atom stereocenters. The van der Waals surface area contributed by atoms with E-state index in [1.54, 1.807) is 6.20 Å². The van der Waals surface area contributed by atoms with Gasteiger partial charge in [0, 0.05) is 19.1 Å². The van der Waals surface area contributed by atoms with E-state index in [4.69, 9.17) is 4.74 Å². The highest BCUT2D eigenvalue weighted by Crippen LogP contribution is 2.12. The highest BCUT2D eigenvalue weighted by atomic mass is 16.5. The lowest BCUT2D eigenvalue weighted by atomic mass is 10.4. The Morgan fingerprint density at radius 2 is 2.00 bits per heavy atom. The summed E-state index contributed by atoms with van der Waals surface area (Å²) in [6.45, 7) is 7.49. The number of nitrogens with one attached hydrogen (secondary N) is 1. The Balaban J connectivity index is 2.00. The largest absolute Gasteiger partial charge is 0.378 e. The molecule has 0 aromatic carbocycles. The van der Waals surface area contributed by atoms with Crippen LogP contribution in [0, 0.1) is 0 Å². The molecule has 16 heavy (non-hydrogen) atoms. The van der Waals surface area contributed by atoms with Crippen molar-refractivity contribution in [2.45, 2.75) is 19.9 Å². The van der Waals surface area contributed by atoms with E-state index in [1.807, 2.05) is 6.20 Å². The van der Waals surface area contributed by atoms with Crippen LogP contribution in [-0.2, 0) is 4.74 Å². The van der Waals surface area contributed by atoms with Crippen LogP contribution in [0.1, 0.15) is 13.8 Å². The zero-order chi connectivity index (χ0) is 11.4. The van der Waals surface area contributed by atoms with Crippen LogP contribution < -0.4 is 10.2 Å². The number of aromatic nitrogens is 2. The molecule has 1 aliphatic heterocycles. The first kappa shape index (κ1) is 11.1. The van der Waals surface area contributed by atoms with Crippen molar-refractivity contribution >= 4 is 11.6 Å². The van der Waals surface area contributed by atoms with E-state index in [2.05, 4.69) is 34.0 Å². The summed E-state index contributed by atoms with van der Waals surface area (Å²) in [4.78, 5) is 10.9. The molecule has 5 nitrogen and oxygen atoms in total. The molecule has 0 spiro atoms. The first-order valence-electron chi connectivity index (χ1n) is 5.67. The molecule has 0 radical (unpaired) electrons. The maximum atomic E-state index is 5.30. The Hall–Kier alpha value is -1.36. The molecular weight excluding hydrogens is 204 g/mol. The van der Waals surface area contributed by atoms with Gasteiger partial charge in [0.05, 0.1) is 25.6 Å². The fourth-order valence-corrected chi connectivity index (χ4v) is 1.65. The Morgan fingerprint density at radius 3 is 2.56 bits per heavy atom. The molecule has 0 amide bonds. The van der Waals surface area contributed by atoms with Crippen molar-refractivity contribution in [2.24, 2.45) is 0 Å². The van der Waals surface area contributed by atoms with E-state index >= 15 is 0 Å². The summed E-state index contributed by atoms with van der Waals surface area (Å²) in [5, 5.41) is 3.22. The van der Waals surface area contributed by atoms with Gasteiger partial charge in [0.15, 0.2) is 0 Å². The quantitative estimate of drug-likeness (QED) is 0.831. The third-order valence-electron chi connectivity index (χ3n) is 2.41. The highest BCUT2D eigenvalue weighted by molar-refractivity contribution is 5.41. The molecular formula is C11H18N4O. The average Bonchev–Trinajstić information content (AvgIpc) is 2.30. The monoisotopic (exact) mass is 222 g/mol. The number of morpholine rings is 1. The number of rotatable bonds is 3. The van der Waals surface area contributed by atoms with Crippen molar-refractivity contribution in [2.75, 3.05) is 36.5 Å². The number of hydrogen-bond acceptors (Lipinski definition) is 5. The molecule has 88 valence electrons. The van der Waals surface area contributed by atoms with Crippen molar-refractivity contribution in [3.8, 4) is 0 Å². The van der Waals surface area contributed by atoms with Gasteiger partial charge in [0.1, 0.15) is 11.6 Å². The van der Waals surface area contributed by atoms with E-state index in [-0.39, 0.29) is 0 Å². The predicted molar refractivity (Wildman–Crippen MR) is 63.8 cm³/mol. The summed E-state index contributed by atoms with van der Waals surface area (Å²) in [5.74, 6) is 1.75. The number of ether oxygens (including phenoxy) is 1. The molecule has 1 saturated heterocycles. The minimum atomic E-state index is 0.378. The molecule has 0 saturated carbocycles. The van der Waals surface area contributed by atoms with E-state index in [0.717, 1.165) is 37.9 Å². The van der Waals surface area contributed by atoms with Crippen molar-refractivity contribution in [3.05, 3.63) is 12.4 Å². The minimum Gasteiger partial charge on any atom is -0.378 e. The second-order valence-electron chi connectivity index (χ2n) is 4.16. The molecule has 1 aliphatic rings. The first-order valence-corrected chi connectivity index (χ1v) is 5.67. The molecule has 1 fully saturated rings. The van der Waals surface area contributed by atoms with Crippen molar-refractivity contribution in [1.29, 1.82) is 0 Å². The predicted octanol–water partition coefficient (Wildman–Crippen LogP) is 1.13. The van der Waals surface area contributed by atoms with Crippen LogP contribution in [0.5, 0.6) is 0 Å². The minimum absolute atomic E-state index is 0.378. The summed E-state index contributed by atoms with van der Waals surface area (Å²) < 4.78 is 5.30. The standard InChI is InChI=1S/C11H18N4O/c1-9(2)14-10-7-13-11(8-12-10)15-3-5-16-6-4-15/h7-9H,3-6H2,1-2H3,(H,12,14). The van der Waals surface area contributed by atoms with E-state index in [9.17, 15) is 0 Å². The van der Waals surface area contributed by atoms with Crippen LogP contribution in [0.4, 0.5) is 11.6 Å². The smallest absolute Gasteiger partial charge is 0.147 e. The van der Waals surface area contributed by atoms with Crippen LogP contribution in [0.15, 0.2) is 12.4 Å². The summed E-state index contributed by atoms with van der Waals surface area (Å²) in [6.07, 6.45) is 3.60. The molecule has 1 aromatic heterocycles. The third-order valence-corrected chi connectivity index (χ3v) is 2.41. The summed E-state index contributed by atoms with van der Waals surface area (Å²) in [5.41, 5.74) is 0. The molecule has 1 N–H and O–H groups in total. The molecule has 1 aromatic rings. The van der Waals surface area contributed by atoms with E-state index < -0.39 is 0 Å². The first-order chi connectivity index (χ1) is 7.75. The molecule has 0 bridgehead atoms. The number of nitrogens with zero attached hydrogens (tertiary/aromatic N) is 3. The highest BCUT2D eigenvalue weighted by Gasteiger charge is 2.12. The Morgan fingerprint density at radius 1 is 1.25 bits per heavy atom. The second-order valence-corrected chi connectivity index (χ2v) is 4.16. The normalized spacial score (nSPS) is 16.6.